The van der Waals surface area contributed by atoms with Gasteiger partial charge in [-0.2, -0.15) is 0 Å². The van der Waals surface area contributed by atoms with Crippen molar-refractivity contribution in [2.45, 2.75) is 6.61 Å². The van der Waals surface area contributed by atoms with E-state index in [4.69, 9.17) is 0 Å². The fourth-order valence-electron chi connectivity index (χ4n) is 3.09. The molecule has 1 aromatic heterocycles. The normalized spacial score (nSPS) is 11.1. The predicted molar refractivity (Wildman–Crippen MR) is 97.3 cm³/mol. The number of aliphatic hydroxyl groups is 1. The summed E-state index contributed by atoms with van der Waals surface area (Å²) >= 11 is 0. The van der Waals surface area contributed by atoms with Gasteiger partial charge in [-0.1, -0.05) is 36.4 Å². The smallest absolute Gasteiger partial charge is 0.284 e. The number of benzene rings is 3. The summed E-state index contributed by atoms with van der Waals surface area (Å²) in [5.41, 5.74) is 2.45. The Morgan fingerprint density at radius 2 is 1.76 bits per heavy atom. The number of nitro benzene ring substituents is 1. The van der Waals surface area contributed by atoms with E-state index in [0.29, 0.717) is 10.9 Å². The van der Waals surface area contributed by atoms with Gasteiger partial charge >= 0.3 is 0 Å². The van der Waals surface area contributed by atoms with E-state index in [0.717, 1.165) is 22.0 Å². The van der Waals surface area contributed by atoms with Crippen LogP contribution < -0.4 is 0 Å². The molecule has 0 amide bonds. The molecule has 0 saturated carbocycles. The molecule has 1 heterocycles. The largest absolute Gasteiger partial charge is 0.391 e. The lowest BCUT2D eigenvalue weighted by molar-refractivity contribution is -0.384. The minimum atomic E-state index is -0.467. The molecular weight excluding hydrogens is 316 g/mol. The highest BCUT2D eigenvalue weighted by Gasteiger charge is 2.18. The van der Waals surface area contributed by atoms with Crippen molar-refractivity contribution in [1.82, 2.24) is 4.98 Å². The molecule has 4 rings (SSSR count). The number of nitro groups is 1. The first-order chi connectivity index (χ1) is 12.2. The molecule has 1 N–H and O–H groups in total. The number of rotatable bonds is 3. The molecule has 0 saturated heterocycles. The Hall–Kier alpha value is -3.31. The van der Waals surface area contributed by atoms with E-state index in [1.165, 1.54) is 0 Å². The van der Waals surface area contributed by atoms with Gasteiger partial charge in [0.2, 0.25) is 0 Å². The van der Waals surface area contributed by atoms with E-state index in [1.54, 1.807) is 24.3 Å². The SMILES string of the molecule is O=[N+]([O-])c1c(CO)ccc2nc(-c3ccc4ccccc4c3)ccc12. The molecule has 4 aromatic rings. The molecule has 25 heavy (non-hydrogen) atoms. The second-order valence-electron chi connectivity index (χ2n) is 5.81. The van der Waals surface area contributed by atoms with E-state index in [9.17, 15) is 15.2 Å². The zero-order chi connectivity index (χ0) is 17.4. The number of aromatic nitrogens is 1. The van der Waals surface area contributed by atoms with Crippen LogP contribution in [0.5, 0.6) is 0 Å². The molecule has 0 aliphatic carbocycles. The highest BCUT2D eigenvalue weighted by Crippen LogP contribution is 2.31. The van der Waals surface area contributed by atoms with Gasteiger partial charge in [0.15, 0.2) is 0 Å². The van der Waals surface area contributed by atoms with Crippen LogP contribution in [0.3, 0.4) is 0 Å². The van der Waals surface area contributed by atoms with Gasteiger partial charge in [-0.05, 0) is 41.1 Å². The number of fused-ring (bicyclic) bond motifs is 2. The maximum Gasteiger partial charge on any atom is 0.284 e. The number of aliphatic hydroxyl groups excluding tert-OH is 1. The predicted octanol–water partition coefficient (Wildman–Crippen LogP) is 4.46. The third kappa shape index (κ3) is 2.60. The quantitative estimate of drug-likeness (QED) is 0.444. The van der Waals surface area contributed by atoms with Crippen molar-refractivity contribution in [1.29, 1.82) is 0 Å². The summed E-state index contributed by atoms with van der Waals surface area (Å²) in [6.07, 6.45) is 0. The second kappa shape index (κ2) is 5.96. The zero-order valence-electron chi connectivity index (χ0n) is 13.2. The van der Waals surface area contributed by atoms with E-state index >= 15 is 0 Å². The van der Waals surface area contributed by atoms with Crippen molar-refractivity contribution in [3.8, 4) is 11.3 Å². The van der Waals surface area contributed by atoms with Gasteiger partial charge in [-0.15, -0.1) is 0 Å². The maximum atomic E-state index is 11.4. The summed E-state index contributed by atoms with van der Waals surface area (Å²) in [5, 5.41) is 23.4. The third-order valence-corrected chi connectivity index (χ3v) is 4.32. The van der Waals surface area contributed by atoms with Crippen molar-refractivity contribution in [3.63, 3.8) is 0 Å². The molecule has 3 aromatic carbocycles. The maximum absolute atomic E-state index is 11.4. The second-order valence-corrected chi connectivity index (χ2v) is 5.81. The fourth-order valence-corrected chi connectivity index (χ4v) is 3.09. The third-order valence-electron chi connectivity index (χ3n) is 4.32. The zero-order valence-corrected chi connectivity index (χ0v) is 13.2. The van der Waals surface area contributed by atoms with Crippen LogP contribution in [0, 0.1) is 10.1 Å². The highest BCUT2D eigenvalue weighted by molar-refractivity contribution is 5.92. The molecule has 0 fully saturated rings. The molecule has 5 nitrogen and oxygen atoms in total. The lowest BCUT2D eigenvalue weighted by Gasteiger charge is -2.07. The molecule has 0 unspecified atom stereocenters. The van der Waals surface area contributed by atoms with Gasteiger partial charge in [-0.3, -0.25) is 10.1 Å². The van der Waals surface area contributed by atoms with Crippen LogP contribution in [-0.4, -0.2) is 15.0 Å². The van der Waals surface area contributed by atoms with Crippen molar-refractivity contribution in [2.24, 2.45) is 0 Å². The van der Waals surface area contributed by atoms with Crippen molar-refractivity contribution < 1.29 is 10.0 Å². The number of pyridine rings is 1. The Labute approximate surface area is 143 Å². The van der Waals surface area contributed by atoms with Crippen LogP contribution in [0.4, 0.5) is 5.69 Å². The minimum absolute atomic E-state index is 0.0856. The van der Waals surface area contributed by atoms with Crippen molar-refractivity contribution in [2.75, 3.05) is 0 Å². The molecule has 0 aliphatic rings. The summed E-state index contributed by atoms with van der Waals surface area (Å²) in [6, 6.07) is 20.9. The van der Waals surface area contributed by atoms with Crippen LogP contribution in [-0.2, 0) is 6.61 Å². The van der Waals surface area contributed by atoms with E-state index < -0.39 is 4.92 Å². The molecular formula is C20H14N2O3. The van der Waals surface area contributed by atoms with Gasteiger partial charge in [-0.25, -0.2) is 4.98 Å². The van der Waals surface area contributed by atoms with Crippen LogP contribution in [0.1, 0.15) is 5.56 Å². The average molecular weight is 330 g/mol. The van der Waals surface area contributed by atoms with Crippen LogP contribution >= 0.6 is 0 Å². The number of hydrogen-bond donors (Lipinski definition) is 1. The summed E-state index contributed by atoms with van der Waals surface area (Å²) in [7, 11) is 0. The Bertz CT molecular complexity index is 1120. The van der Waals surface area contributed by atoms with Gasteiger partial charge in [0, 0.05) is 5.56 Å². The average Bonchev–Trinajstić information content (AvgIpc) is 2.66. The lowest BCUT2D eigenvalue weighted by Crippen LogP contribution is -1.98. The Balaban J connectivity index is 1.90. The highest BCUT2D eigenvalue weighted by atomic mass is 16.6. The topological polar surface area (TPSA) is 76.3 Å². The van der Waals surface area contributed by atoms with Crippen LogP contribution in [0.15, 0.2) is 66.7 Å². The van der Waals surface area contributed by atoms with Gasteiger partial charge in [0.1, 0.15) is 0 Å². The van der Waals surface area contributed by atoms with Crippen molar-refractivity contribution >= 4 is 27.4 Å². The van der Waals surface area contributed by atoms with Crippen LogP contribution in [0.2, 0.25) is 0 Å². The van der Waals surface area contributed by atoms with Gasteiger partial charge < -0.3 is 5.11 Å². The molecule has 122 valence electrons. The fraction of sp³-hybridized carbons (Fsp3) is 0.0500. The van der Waals surface area contributed by atoms with Gasteiger partial charge in [0.05, 0.1) is 33.7 Å². The Kier molecular flexibility index (Phi) is 3.63. The minimum Gasteiger partial charge on any atom is -0.391 e. The summed E-state index contributed by atoms with van der Waals surface area (Å²) < 4.78 is 0. The lowest BCUT2D eigenvalue weighted by atomic mass is 10.0. The van der Waals surface area contributed by atoms with Crippen LogP contribution in [0.25, 0.3) is 32.9 Å². The molecule has 5 heteroatoms. The van der Waals surface area contributed by atoms with Gasteiger partial charge in [0.25, 0.3) is 5.69 Å². The Morgan fingerprint density at radius 3 is 2.52 bits per heavy atom. The van der Waals surface area contributed by atoms with E-state index in [2.05, 4.69) is 11.1 Å². The molecule has 0 radical (unpaired) electrons. The van der Waals surface area contributed by atoms with E-state index in [-0.39, 0.29) is 17.9 Å². The summed E-state index contributed by atoms with van der Waals surface area (Å²) in [4.78, 5) is 15.5. The summed E-state index contributed by atoms with van der Waals surface area (Å²) in [5.74, 6) is 0. The first kappa shape index (κ1) is 15.2. The number of nitrogens with zero attached hydrogens (tertiary/aromatic N) is 2. The molecule has 0 aliphatic heterocycles. The van der Waals surface area contributed by atoms with E-state index in [1.807, 2.05) is 36.4 Å². The molecule has 0 spiro atoms. The first-order valence-electron chi connectivity index (χ1n) is 7.84. The van der Waals surface area contributed by atoms with Crippen molar-refractivity contribution in [3.05, 3.63) is 82.4 Å². The Morgan fingerprint density at radius 1 is 0.960 bits per heavy atom. The first-order valence-corrected chi connectivity index (χ1v) is 7.84. The molecule has 0 bridgehead atoms. The molecule has 0 atom stereocenters. The summed E-state index contributed by atoms with van der Waals surface area (Å²) in [6.45, 7) is -0.376. The standard InChI is InChI=1S/C20H14N2O3/c23-12-16-7-9-19-17(20(16)22(24)25)8-10-18(21-19)15-6-5-13-3-1-2-4-14(13)11-15/h1-11,23H,12H2. The number of hydrogen-bond acceptors (Lipinski definition) is 4. The monoisotopic (exact) mass is 330 g/mol.